The number of rotatable bonds is 11. The van der Waals surface area contributed by atoms with Crippen LogP contribution in [-0.4, -0.2) is 67.2 Å². The molecule has 0 radical (unpaired) electrons. The zero-order valence-electron chi connectivity index (χ0n) is 24.7. The number of hydrogen-bond donors (Lipinski definition) is 1. The van der Waals surface area contributed by atoms with Crippen LogP contribution in [0.15, 0.2) is 53.7 Å². The highest BCUT2D eigenvalue weighted by atomic mass is 32.2. The van der Waals surface area contributed by atoms with Crippen LogP contribution in [0, 0.1) is 5.41 Å². The molecule has 0 bridgehead atoms. The van der Waals surface area contributed by atoms with Gasteiger partial charge in [-0.05, 0) is 86.9 Å². The van der Waals surface area contributed by atoms with E-state index in [1.54, 1.807) is 67.3 Å². The predicted molar refractivity (Wildman–Crippen MR) is 160 cm³/mol. The Hall–Kier alpha value is -4.26. The second-order valence-corrected chi connectivity index (χ2v) is 11.4. The Bertz CT molecular complexity index is 1460. The number of tetrazole rings is 1. The zero-order valence-corrected chi connectivity index (χ0v) is 25.6. The van der Waals surface area contributed by atoms with Gasteiger partial charge in [0.15, 0.2) is 0 Å². The van der Waals surface area contributed by atoms with Crippen LogP contribution in [0.1, 0.15) is 58.9 Å². The summed E-state index contributed by atoms with van der Waals surface area (Å²) in [6, 6.07) is 13.1. The van der Waals surface area contributed by atoms with Gasteiger partial charge in [-0.15, -0.1) is 5.10 Å². The molecule has 13 heteroatoms. The monoisotopic (exact) mass is 608 g/mol. The summed E-state index contributed by atoms with van der Waals surface area (Å²) in [7, 11) is 0. The second-order valence-electron chi connectivity index (χ2n) is 10.4. The number of benzene rings is 2. The van der Waals surface area contributed by atoms with E-state index >= 15 is 0 Å². The summed E-state index contributed by atoms with van der Waals surface area (Å²) < 4.78 is 12.4. The summed E-state index contributed by atoms with van der Waals surface area (Å²) in [5.74, 6) is -0.754. The molecule has 0 spiro atoms. The van der Waals surface area contributed by atoms with E-state index in [-0.39, 0.29) is 17.6 Å². The van der Waals surface area contributed by atoms with Crippen LogP contribution >= 0.6 is 11.8 Å². The van der Waals surface area contributed by atoms with E-state index in [1.807, 2.05) is 13.8 Å². The third-order valence-electron chi connectivity index (χ3n) is 7.38. The number of amides is 1. The van der Waals surface area contributed by atoms with Crippen LogP contribution in [-0.2, 0) is 25.7 Å². The molecular weight excluding hydrogens is 572 g/mol. The van der Waals surface area contributed by atoms with Crippen molar-refractivity contribution in [2.45, 2.75) is 71.2 Å². The van der Waals surface area contributed by atoms with Gasteiger partial charge < -0.3 is 19.7 Å². The van der Waals surface area contributed by atoms with Crippen LogP contribution < -0.4 is 10.1 Å². The first kappa shape index (κ1) is 31.7. The van der Waals surface area contributed by atoms with E-state index in [1.165, 1.54) is 4.68 Å². The lowest BCUT2D eigenvalue weighted by Crippen LogP contribution is -2.41. The van der Waals surface area contributed by atoms with Gasteiger partial charge in [-0.25, -0.2) is 4.79 Å². The van der Waals surface area contributed by atoms with Crippen LogP contribution in [0.2, 0.25) is 0 Å². The van der Waals surface area contributed by atoms with E-state index in [0.29, 0.717) is 53.8 Å². The molecule has 1 aliphatic rings. The molecule has 1 saturated carbocycles. The predicted octanol–water partition coefficient (Wildman–Crippen LogP) is 4.81. The van der Waals surface area contributed by atoms with Gasteiger partial charge in [0.25, 0.3) is 5.24 Å². The number of carbonyl (C=O) groups is 4. The van der Waals surface area contributed by atoms with E-state index in [0.717, 1.165) is 24.6 Å². The number of carbonyl (C=O) groups excluding carboxylic acids is 4. The van der Waals surface area contributed by atoms with Gasteiger partial charge >= 0.3 is 11.9 Å². The standard InChI is InChI=1S/C30H36N6O6S/c1-5-35(6-2)29(40)43-28-32-33-34-36(28)23-11-9-10-22(18-23)31-20(3)26(38)41-19-21-13-15-24(16-14-21)42-27(39)30(4)17-8-7-12-25(30)37/h9-11,13-16,18,20,31H,5-8,12,17,19H2,1-4H3. The second kappa shape index (κ2) is 14.3. The summed E-state index contributed by atoms with van der Waals surface area (Å²) in [5, 5.41) is 15.0. The zero-order chi connectivity index (χ0) is 31.0. The average molecular weight is 609 g/mol. The van der Waals surface area contributed by atoms with Gasteiger partial charge in [-0.1, -0.05) is 24.6 Å². The molecule has 43 heavy (non-hydrogen) atoms. The highest BCUT2D eigenvalue weighted by molar-refractivity contribution is 8.13. The molecular formula is C30H36N6O6S. The molecule has 12 nitrogen and oxygen atoms in total. The number of ether oxygens (including phenoxy) is 2. The van der Waals surface area contributed by atoms with E-state index in [9.17, 15) is 19.2 Å². The number of thioether (sulfide) groups is 1. The number of Topliss-reactive ketones (excluding diaryl/α,β-unsaturated/α-hetero) is 1. The van der Waals surface area contributed by atoms with Gasteiger partial charge in [-0.3, -0.25) is 14.4 Å². The molecule has 1 aromatic heterocycles. The molecule has 228 valence electrons. The fourth-order valence-corrected chi connectivity index (χ4v) is 5.46. The first-order valence-electron chi connectivity index (χ1n) is 14.3. The Labute approximate surface area is 254 Å². The van der Waals surface area contributed by atoms with Crippen molar-refractivity contribution < 1.29 is 28.7 Å². The van der Waals surface area contributed by atoms with Crippen LogP contribution in [0.5, 0.6) is 5.75 Å². The number of ketones is 1. The van der Waals surface area contributed by atoms with Gasteiger partial charge in [0.2, 0.25) is 5.16 Å². The number of hydrogen-bond acceptors (Lipinski definition) is 11. The molecule has 2 aromatic carbocycles. The summed E-state index contributed by atoms with van der Waals surface area (Å²) in [4.78, 5) is 51.9. The maximum Gasteiger partial charge on any atom is 0.328 e. The minimum absolute atomic E-state index is 0.0289. The normalized spacial score (nSPS) is 17.2. The topological polar surface area (TPSA) is 146 Å². The summed E-state index contributed by atoms with van der Waals surface area (Å²) >= 11 is 0.949. The number of nitrogens with zero attached hydrogens (tertiary/aromatic N) is 5. The fourth-order valence-electron chi connectivity index (χ4n) is 4.61. The van der Waals surface area contributed by atoms with Crippen molar-refractivity contribution in [2.75, 3.05) is 18.4 Å². The number of aromatic nitrogens is 4. The first-order chi connectivity index (χ1) is 20.6. The fraction of sp³-hybridized carbons (Fsp3) is 0.433. The van der Waals surface area contributed by atoms with Gasteiger partial charge in [-0.2, -0.15) is 4.68 Å². The van der Waals surface area contributed by atoms with E-state index < -0.39 is 23.4 Å². The summed E-state index contributed by atoms with van der Waals surface area (Å²) in [5.41, 5.74) is 0.866. The molecule has 1 aliphatic carbocycles. The lowest BCUT2D eigenvalue weighted by molar-refractivity contribution is -0.153. The lowest BCUT2D eigenvalue weighted by atomic mass is 9.74. The van der Waals surface area contributed by atoms with Crippen molar-refractivity contribution in [3.05, 3.63) is 54.1 Å². The Morgan fingerprint density at radius 1 is 1.12 bits per heavy atom. The number of anilines is 1. The Kier molecular flexibility index (Phi) is 10.5. The van der Waals surface area contributed by atoms with Gasteiger partial charge in [0.1, 0.15) is 29.6 Å². The molecule has 0 aliphatic heterocycles. The molecule has 1 amide bonds. The van der Waals surface area contributed by atoms with Crippen molar-refractivity contribution in [3.63, 3.8) is 0 Å². The van der Waals surface area contributed by atoms with Gasteiger partial charge in [0.05, 0.1) is 5.69 Å². The maximum absolute atomic E-state index is 12.7. The molecule has 2 unspecified atom stereocenters. The number of nitrogens with one attached hydrogen (secondary N) is 1. The van der Waals surface area contributed by atoms with Crippen molar-refractivity contribution in [1.82, 2.24) is 25.1 Å². The Balaban J connectivity index is 1.30. The van der Waals surface area contributed by atoms with Crippen LogP contribution in [0.4, 0.5) is 10.5 Å². The minimum atomic E-state index is -1.10. The Morgan fingerprint density at radius 2 is 1.86 bits per heavy atom. The van der Waals surface area contributed by atoms with Crippen molar-refractivity contribution >= 4 is 40.4 Å². The van der Waals surface area contributed by atoms with Crippen molar-refractivity contribution in [2.24, 2.45) is 5.41 Å². The van der Waals surface area contributed by atoms with Crippen molar-refractivity contribution in [3.8, 4) is 11.4 Å². The highest BCUT2D eigenvalue weighted by Gasteiger charge is 2.43. The van der Waals surface area contributed by atoms with Crippen molar-refractivity contribution in [1.29, 1.82) is 0 Å². The quantitative estimate of drug-likeness (QED) is 0.138. The Morgan fingerprint density at radius 3 is 2.56 bits per heavy atom. The highest BCUT2D eigenvalue weighted by Crippen LogP contribution is 2.34. The minimum Gasteiger partial charge on any atom is -0.459 e. The number of esters is 2. The first-order valence-corrected chi connectivity index (χ1v) is 15.1. The molecule has 3 aromatic rings. The maximum atomic E-state index is 12.7. The molecule has 0 saturated heterocycles. The third-order valence-corrected chi connectivity index (χ3v) is 8.25. The summed E-state index contributed by atoms with van der Waals surface area (Å²) in [6.45, 7) is 8.35. The SMILES string of the molecule is CCN(CC)C(=O)Sc1nnnn1-c1cccc(NC(C)C(=O)OCc2ccc(OC(=O)C3(C)CCCCC3=O)cc2)c1. The molecule has 2 atom stereocenters. The molecule has 1 heterocycles. The van der Waals surface area contributed by atoms with Crippen LogP contribution in [0.25, 0.3) is 5.69 Å². The van der Waals surface area contributed by atoms with E-state index in [4.69, 9.17) is 9.47 Å². The summed E-state index contributed by atoms with van der Waals surface area (Å²) in [6.07, 6.45) is 2.51. The smallest absolute Gasteiger partial charge is 0.328 e. The van der Waals surface area contributed by atoms with E-state index in [2.05, 4.69) is 20.8 Å². The average Bonchev–Trinajstić information content (AvgIpc) is 3.47. The van der Waals surface area contributed by atoms with Gasteiger partial charge in [0, 0.05) is 37.0 Å². The largest absolute Gasteiger partial charge is 0.459 e. The van der Waals surface area contributed by atoms with Crippen LogP contribution in [0.3, 0.4) is 0 Å². The lowest BCUT2D eigenvalue weighted by Gasteiger charge is -2.29. The third kappa shape index (κ3) is 7.78. The molecule has 1 fully saturated rings. The molecule has 1 N–H and O–H groups in total. The molecule has 4 rings (SSSR count).